The van der Waals surface area contributed by atoms with Gasteiger partial charge in [-0.15, -0.1) is 0 Å². The van der Waals surface area contributed by atoms with Gasteiger partial charge >= 0.3 is 0 Å². The molecule has 0 radical (unpaired) electrons. The molecule has 0 saturated heterocycles. The number of aliphatic imine (C=N–C) groups is 1. The summed E-state index contributed by atoms with van der Waals surface area (Å²) in [5, 5.41) is 0. The Balaban J connectivity index is 0.00000364. The van der Waals surface area contributed by atoms with Crippen LogP contribution in [0.3, 0.4) is 0 Å². The maximum absolute atomic E-state index is 4.58. The van der Waals surface area contributed by atoms with E-state index in [1.165, 1.54) is 102 Å². The van der Waals surface area contributed by atoms with Crippen LogP contribution in [0.2, 0.25) is 0 Å². The number of para-hydroxylation sites is 2. The number of nitrogens with zero attached hydrogens (tertiary/aromatic N) is 2. The standard InChI is InChI=1S/C24H41N2.ClH/c1-3-4-5-6-7-8-9-10-11-12-13-14-15-18-21-26(2)22-25-23-19-16-17-20-24(23)26;/h16-17,19-20,22H,3-15,18,21H2,1-2H3;1H/q+1;/p-1. The van der Waals surface area contributed by atoms with Crippen LogP contribution in [0.15, 0.2) is 29.3 Å². The highest BCUT2D eigenvalue weighted by Crippen LogP contribution is 2.36. The lowest BCUT2D eigenvalue weighted by molar-refractivity contribution is -0.00000560. The lowest BCUT2D eigenvalue weighted by Crippen LogP contribution is -3.00. The third-order valence-corrected chi connectivity index (χ3v) is 5.86. The molecule has 3 heteroatoms. The van der Waals surface area contributed by atoms with E-state index in [0.29, 0.717) is 0 Å². The van der Waals surface area contributed by atoms with E-state index in [0.717, 1.165) is 10.2 Å². The van der Waals surface area contributed by atoms with E-state index in [1.807, 2.05) is 0 Å². The van der Waals surface area contributed by atoms with Crippen LogP contribution in [-0.4, -0.2) is 19.9 Å². The van der Waals surface area contributed by atoms with Crippen LogP contribution in [0.5, 0.6) is 0 Å². The Morgan fingerprint density at radius 3 is 1.74 bits per heavy atom. The van der Waals surface area contributed by atoms with E-state index >= 15 is 0 Å². The van der Waals surface area contributed by atoms with Gasteiger partial charge in [-0.3, -0.25) is 0 Å². The number of unbranched alkanes of at least 4 members (excludes halogenated alkanes) is 13. The van der Waals surface area contributed by atoms with Gasteiger partial charge in [0.1, 0.15) is 5.69 Å². The van der Waals surface area contributed by atoms with Crippen molar-refractivity contribution in [3.05, 3.63) is 24.3 Å². The molecule has 2 nitrogen and oxygen atoms in total. The molecule has 0 saturated carbocycles. The first-order valence-electron chi connectivity index (χ1n) is 11.3. The molecule has 1 aromatic carbocycles. The highest BCUT2D eigenvalue weighted by atomic mass is 35.5. The molecule has 1 aromatic rings. The average Bonchev–Trinajstić information content (AvgIpc) is 3.00. The molecule has 1 unspecified atom stereocenters. The van der Waals surface area contributed by atoms with Crippen molar-refractivity contribution in [1.82, 2.24) is 4.48 Å². The molecule has 0 aliphatic carbocycles. The fourth-order valence-electron chi connectivity index (χ4n) is 4.07. The second kappa shape index (κ2) is 14.2. The van der Waals surface area contributed by atoms with Crippen molar-refractivity contribution < 1.29 is 12.4 Å². The number of rotatable bonds is 15. The second-order valence-corrected chi connectivity index (χ2v) is 8.32. The maximum atomic E-state index is 4.58. The van der Waals surface area contributed by atoms with E-state index < -0.39 is 0 Å². The largest absolute Gasteiger partial charge is 1.00 e. The molecular formula is C24H41ClN2. The van der Waals surface area contributed by atoms with Crippen LogP contribution in [-0.2, 0) is 0 Å². The van der Waals surface area contributed by atoms with Crippen molar-refractivity contribution in [2.45, 2.75) is 96.8 Å². The minimum atomic E-state index is 0. The van der Waals surface area contributed by atoms with Crippen LogP contribution < -0.4 is 16.9 Å². The zero-order valence-corrected chi connectivity index (χ0v) is 18.5. The smallest absolute Gasteiger partial charge is 0.195 e. The topological polar surface area (TPSA) is 12.4 Å². The zero-order chi connectivity index (χ0) is 18.5. The molecule has 1 aliphatic rings. The van der Waals surface area contributed by atoms with E-state index in [2.05, 4.69) is 49.6 Å². The van der Waals surface area contributed by atoms with E-state index in [1.54, 1.807) is 0 Å². The Morgan fingerprint density at radius 2 is 1.19 bits per heavy atom. The molecule has 0 spiro atoms. The highest BCUT2D eigenvalue weighted by molar-refractivity contribution is 5.88. The zero-order valence-electron chi connectivity index (χ0n) is 17.8. The first-order valence-corrected chi connectivity index (χ1v) is 11.3. The molecule has 1 aliphatic heterocycles. The second-order valence-electron chi connectivity index (χ2n) is 8.32. The molecule has 1 atom stereocenters. The number of fused-ring (bicyclic) bond motifs is 1. The molecule has 154 valence electrons. The summed E-state index contributed by atoms with van der Waals surface area (Å²) in [7, 11) is 2.29. The Hall–Kier alpha value is -0.860. The Bertz CT molecular complexity index is 529. The summed E-state index contributed by atoms with van der Waals surface area (Å²) < 4.78 is 0.883. The van der Waals surface area contributed by atoms with Crippen LogP contribution >= 0.6 is 0 Å². The molecule has 0 amide bonds. The van der Waals surface area contributed by atoms with Gasteiger partial charge in [-0.2, -0.15) is 4.99 Å². The number of halogens is 1. The van der Waals surface area contributed by atoms with Crippen LogP contribution in [0, 0.1) is 0 Å². The van der Waals surface area contributed by atoms with Gasteiger partial charge in [-0.25, -0.2) is 4.48 Å². The van der Waals surface area contributed by atoms with Gasteiger partial charge in [0.05, 0.1) is 13.6 Å². The summed E-state index contributed by atoms with van der Waals surface area (Å²) in [6, 6.07) is 8.57. The monoisotopic (exact) mass is 392 g/mol. The molecule has 0 N–H and O–H groups in total. The summed E-state index contributed by atoms with van der Waals surface area (Å²) in [4.78, 5) is 4.58. The number of benzene rings is 1. The summed E-state index contributed by atoms with van der Waals surface area (Å²) in [5.41, 5.74) is 2.52. The quantitative estimate of drug-likeness (QED) is 0.301. The summed E-state index contributed by atoms with van der Waals surface area (Å²) in [5.74, 6) is 0. The van der Waals surface area contributed by atoms with Gasteiger partial charge in [-0.05, 0) is 18.9 Å². The number of quaternary nitrogens is 1. The Kier molecular flexibility index (Phi) is 12.7. The number of hydrogen-bond acceptors (Lipinski definition) is 1. The molecule has 0 fully saturated rings. The van der Waals surface area contributed by atoms with E-state index in [4.69, 9.17) is 0 Å². The highest BCUT2D eigenvalue weighted by Gasteiger charge is 2.30. The molecule has 2 rings (SSSR count). The van der Waals surface area contributed by atoms with Crippen LogP contribution in [0.4, 0.5) is 11.4 Å². The molecule has 27 heavy (non-hydrogen) atoms. The van der Waals surface area contributed by atoms with Crippen molar-refractivity contribution in [3.63, 3.8) is 0 Å². The van der Waals surface area contributed by atoms with Crippen LogP contribution in [0.25, 0.3) is 0 Å². The molecule has 0 aromatic heterocycles. The number of hydrogen-bond donors (Lipinski definition) is 0. The van der Waals surface area contributed by atoms with E-state index in [9.17, 15) is 0 Å². The predicted octanol–water partition coefficient (Wildman–Crippen LogP) is 4.78. The third-order valence-electron chi connectivity index (χ3n) is 5.86. The van der Waals surface area contributed by atoms with Gasteiger partial charge < -0.3 is 12.4 Å². The Morgan fingerprint density at radius 1 is 0.704 bits per heavy atom. The lowest BCUT2D eigenvalue weighted by Gasteiger charge is -2.25. The van der Waals surface area contributed by atoms with Gasteiger partial charge in [0, 0.05) is 6.07 Å². The van der Waals surface area contributed by atoms with Crippen molar-refractivity contribution in [2.75, 3.05) is 13.6 Å². The van der Waals surface area contributed by atoms with Gasteiger partial charge in [0.15, 0.2) is 12.0 Å². The van der Waals surface area contributed by atoms with Crippen molar-refractivity contribution >= 4 is 17.7 Å². The van der Waals surface area contributed by atoms with Gasteiger partial charge in [-0.1, -0.05) is 96.1 Å². The first-order chi connectivity index (χ1) is 12.8. The van der Waals surface area contributed by atoms with E-state index in [-0.39, 0.29) is 12.4 Å². The summed E-state index contributed by atoms with van der Waals surface area (Å²) in [6.07, 6.45) is 22.0. The summed E-state index contributed by atoms with van der Waals surface area (Å²) in [6.45, 7) is 3.47. The van der Waals surface area contributed by atoms with Gasteiger partial charge in [0.25, 0.3) is 0 Å². The predicted molar refractivity (Wildman–Crippen MR) is 117 cm³/mol. The van der Waals surface area contributed by atoms with Crippen molar-refractivity contribution in [2.24, 2.45) is 4.99 Å². The first kappa shape index (κ1) is 24.2. The minimum Gasteiger partial charge on any atom is -1.00 e. The minimum absolute atomic E-state index is 0. The van der Waals surface area contributed by atoms with Crippen molar-refractivity contribution in [1.29, 1.82) is 0 Å². The summed E-state index contributed by atoms with van der Waals surface area (Å²) >= 11 is 0. The Labute approximate surface area is 174 Å². The maximum Gasteiger partial charge on any atom is 0.195 e. The lowest BCUT2D eigenvalue weighted by atomic mass is 10.0. The average molecular weight is 393 g/mol. The molecule has 0 bridgehead atoms. The fraction of sp³-hybridized carbons (Fsp3) is 0.708. The third kappa shape index (κ3) is 8.79. The SMILES string of the molecule is CCCCCCCCCCCCCCCC[N+]1(C)C=Nc2ccccc21.[Cl-]. The van der Waals surface area contributed by atoms with Crippen LogP contribution in [0.1, 0.15) is 96.8 Å². The normalized spacial score (nSPS) is 17.7. The van der Waals surface area contributed by atoms with Gasteiger partial charge in [0.2, 0.25) is 0 Å². The van der Waals surface area contributed by atoms with Crippen molar-refractivity contribution in [3.8, 4) is 0 Å². The molecule has 1 heterocycles. The fourth-order valence-corrected chi connectivity index (χ4v) is 4.07. The molecular weight excluding hydrogens is 352 g/mol.